The van der Waals surface area contributed by atoms with Gasteiger partial charge < -0.3 is 25.6 Å². The summed E-state index contributed by atoms with van der Waals surface area (Å²) in [7, 11) is 0. The molecule has 1 aliphatic heterocycles. The quantitative estimate of drug-likeness (QED) is 0.256. The minimum atomic E-state index is -1.01. The number of unbranched alkanes of at least 4 members (excludes halogenated alkanes) is 8. The number of ether oxygens (including phenoxy) is 1. The van der Waals surface area contributed by atoms with E-state index in [-0.39, 0.29) is 12.0 Å². The van der Waals surface area contributed by atoms with Gasteiger partial charge in [-0.15, -0.1) is 0 Å². The van der Waals surface area contributed by atoms with E-state index in [9.17, 15) is 15.0 Å². The molecule has 1 saturated heterocycles. The maximum atomic E-state index is 12.3. The van der Waals surface area contributed by atoms with Gasteiger partial charge in [0.15, 0.2) is 0 Å². The number of carbonyl (C=O) groups excluding carboxylic acids is 1. The first kappa shape index (κ1) is 28.3. The van der Waals surface area contributed by atoms with Gasteiger partial charge in [-0.2, -0.15) is 0 Å². The number of hydrogen-bond donors (Lipinski definition) is 4. The van der Waals surface area contributed by atoms with Crippen LogP contribution < -0.4 is 10.6 Å². The van der Waals surface area contributed by atoms with E-state index in [0.717, 1.165) is 38.1 Å². The van der Waals surface area contributed by atoms with Crippen LogP contribution in [0.1, 0.15) is 105 Å². The molecule has 184 valence electrons. The average Bonchev–Trinajstić information content (AvgIpc) is 2.73. The molecule has 1 amide bonds. The second-order valence-electron chi connectivity index (χ2n) is 9.77. The van der Waals surface area contributed by atoms with Gasteiger partial charge in [0.25, 0.3) is 0 Å². The highest BCUT2D eigenvalue weighted by Crippen LogP contribution is 2.21. The summed E-state index contributed by atoms with van der Waals surface area (Å²) in [5.74, 6) is 0.661. The fourth-order valence-corrected chi connectivity index (χ4v) is 4.25. The van der Waals surface area contributed by atoms with Crippen molar-refractivity contribution >= 4 is 5.91 Å². The lowest BCUT2D eigenvalue weighted by molar-refractivity contribution is -0.179. The van der Waals surface area contributed by atoms with Gasteiger partial charge in [-0.05, 0) is 32.2 Å². The van der Waals surface area contributed by atoms with E-state index in [1.54, 1.807) is 0 Å². The Morgan fingerprint density at radius 2 is 1.58 bits per heavy atom. The Kier molecular flexibility index (Phi) is 15.4. The SMILES string of the molecule is CCCCCCCCNCC1O[C@@H](C)C(NC(=O)CCCCCCC(C)C)[C@@H](O)[C@@H]1O. The topological polar surface area (TPSA) is 90.8 Å². The second-order valence-corrected chi connectivity index (χ2v) is 9.77. The molecular formula is C25H50N2O4. The zero-order valence-electron chi connectivity index (χ0n) is 20.6. The van der Waals surface area contributed by atoms with Crippen molar-refractivity contribution in [2.24, 2.45) is 5.92 Å². The summed E-state index contributed by atoms with van der Waals surface area (Å²) in [6.45, 7) is 9.94. The van der Waals surface area contributed by atoms with E-state index in [1.807, 2.05) is 6.92 Å². The summed E-state index contributed by atoms with van der Waals surface area (Å²) in [5.41, 5.74) is 0. The Hall–Kier alpha value is -0.690. The minimum absolute atomic E-state index is 0.0739. The van der Waals surface area contributed by atoms with Crippen LogP contribution in [-0.4, -0.2) is 59.7 Å². The molecule has 6 heteroatoms. The zero-order chi connectivity index (χ0) is 23.1. The Bertz CT molecular complexity index is 461. The molecular weight excluding hydrogens is 392 g/mol. The van der Waals surface area contributed by atoms with E-state index in [2.05, 4.69) is 31.4 Å². The third-order valence-corrected chi connectivity index (χ3v) is 6.31. The number of aliphatic hydroxyl groups is 2. The fourth-order valence-electron chi connectivity index (χ4n) is 4.25. The van der Waals surface area contributed by atoms with Crippen molar-refractivity contribution in [3.8, 4) is 0 Å². The standard InChI is InChI=1S/C25H50N2O4/c1-5-6-7-8-11-14-17-26-18-21-24(29)25(30)23(20(4)31-21)27-22(28)16-13-10-9-12-15-19(2)3/h19-21,23-26,29-30H,5-18H2,1-4H3,(H,27,28)/t20-,21?,23?,24+,25+/m0/s1. The molecule has 0 aromatic heterocycles. The highest BCUT2D eigenvalue weighted by molar-refractivity contribution is 5.76. The smallest absolute Gasteiger partial charge is 0.220 e. The van der Waals surface area contributed by atoms with E-state index >= 15 is 0 Å². The largest absolute Gasteiger partial charge is 0.388 e. The number of amides is 1. The number of carbonyl (C=O) groups is 1. The van der Waals surface area contributed by atoms with Crippen LogP contribution in [0.3, 0.4) is 0 Å². The lowest BCUT2D eigenvalue weighted by Crippen LogP contribution is -2.64. The number of hydrogen-bond acceptors (Lipinski definition) is 5. The van der Waals surface area contributed by atoms with Gasteiger partial charge in [0.2, 0.25) is 5.91 Å². The molecule has 0 aliphatic carbocycles. The molecule has 0 radical (unpaired) electrons. The van der Waals surface area contributed by atoms with Gasteiger partial charge in [-0.3, -0.25) is 4.79 Å². The summed E-state index contributed by atoms with van der Waals surface area (Å²) < 4.78 is 5.93. The van der Waals surface area contributed by atoms with Crippen LogP contribution in [0.15, 0.2) is 0 Å². The van der Waals surface area contributed by atoms with Crippen molar-refractivity contribution in [1.29, 1.82) is 0 Å². The average molecular weight is 443 g/mol. The predicted molar refractivity (Wildman–Crippen MR) is 127 cm³/mol. The molecule has 0 saturated carbocycles. The molecule has 5 atom stereocenters. The fraction of sp³-hybridized carbons (Fsp3) is 0.960. The van der Waals surface area contributed by atoms with Crippen molar-refractivity contribution in [2.45, 2.75) is 135 Å². The lowest BCUT2D eigenvalue weighted by atomic mass is 9.93. The van der Waals surface area contributed by atoms with Crippen LogP contribution in [0.25, 0.3) is 0 Å². The normalized spacial score (nSPS) is 26.4. The van der Waals surface area contributed by atoms with Crippen molar-refractivity contribution in [3.63, 3.8) is 0 Å². The molecule has 1 aliphatic rings. The first-order valence-corrected chi connectivity index (χ1v) is 12.9. The first-order chi connectivity index (χ1) is 14.9. The third kappa shape index (κ3) is 12.2. The summed E-state index contributed by atoms with van der Waals surface area (Å²) in [4.78, 5) is 12.3. The molecule has 31 heavy (non-hydrogen) atoms. The molecule has 0 aromatic rings. The first-order valence-electron chi connectivity index (χ1n) is 12.9. The van der Waals surface area contributed by atoms with Gasteiger partial charge in [0.05, 0.1) is 18.2 Å². The van der Waals surface area contributed by atoms with Crippen LogP contribution >= 0.6 is 0 Å². The summed E-state index contributed by atoms with van der Waals surface area (Å²) in [6.07, 6.45) is 10.6. The van der Waals surface area contributed by atoms with Crippen LogP contribution in [0.2, 0.25) is 0 Å². The maximum Gasteiger partial charge on any atom is 0.220 e. The molecule has 2 unspecified atom stereocenters. The maximum absolute atomic E-state index is 12.3. The van der Waals surface area contributed by atoms with Crippen LogP contribution in [0.4, 0.5) is 0 Å². The number of rotatable bonds is 17. The summed E-state index contributed by atoms with van der Waals surface area (Å²) in [6, 6.07) is -0.571. The van der Waals surface area contributed by atoms with Crippen molar-refractivity contribution < 1.29 is 19.7 Å². The molecule has 6 nitrogen and oxygen atoms in total. The highest BCUT2D eigenvalue weighted by Gasteiger charge is 2.42. The van der Waals surface area contributed by atoms with Gasteiger partial charge in [-0.1, -0.05) is 78.6 Å². The van der Waals surface area contributed by atoms with Gasteiger partial charge in [0, 0.05) is 13.0 Å². The summed E-state index contributed by atoms with van der Waals surface area (Å²) in [5, 5.41) is 27.3. The molecule has 0 spiro atoms. The minimum Gasteiger partial charge on any atom is -0.388 e. The van der Waals surface area contributed by atoms with E-state index in [0.29, 0.717) is 13.0 Å². The Morgan fingerprint density at radius 3 is 2.29 bits per heavy atom. The molecule has 4 N–H and O–H groups in total. The van der Waals surface area contributed by atoms with Crippen molar-refractivity contribution in [2.75, 3.05) is 13.1 Å². The number of nitrogens with one attached hydrogen (secondary N) is 2. The predicted octanol–water partition coefficient (Wildman–Crippen LogP) is 3.93. The third-order valence-electron chi connectivity index (χ3n) is 6.31. The highest BCUT2D eigenvalue weighted by atomic mass is 16.5. The van der Waals surface area contributed by atoms with Gasteiger partial charge >= 0.3 is 0 Å². The van der Waals surface area contributed by atoms with Crippen LogP contribution in [-0.2, 0) is 9.53 Å². The number of aliphatic hydroxyl groups excluding tert-OH is 2. The Morgan fingerprint density at radius 1 is 0.935 bits per heavy atom. The Balaban J connectivity index is 2.23. The Labute approximate surface area is 190 Å². The van der Waals surface area contributed by atoms with E-state index < -0.39 is 24.4 Å². The van der Waals surface area contributed by atoms with Crippen LogP contribution in [0.5, 0.6) is 0 Å². The van der Waals surface area contributed by atoms with Crippen LogP contribution in [0, 0.1) is 5.92 Å². The van der Waals surface area contributed by atoms with E-state index in [1.165, 1.54) is 44.9 Å². The lowest BCUT2D eigenvalue weighted by Gasteiger charge is -2.42. The molecule has 1 heterocycles. The molecule has 1 fully saturated rings. The molecule has 1 rings (SSSR count). The zero-order valence-corrected chi connectivity index (χ0v) is 20.6. The van der Waals surface area contributed by atoms with Crippen molar-refractivity contribution in [3.05, 3.63) is 0 Å². The molecule has 0 aromatic carbocycles. The monoisotopic (exact) mass is 442 g/mol. The van der Waals surface area contributed by atoms with Gasteiger partial charge in [-0.25, -0.2) is 0 Å². The molecule has 0 bridgehead atoms. The van der Waals surface area contributed by atoms with E-state index in [4.69, 9.17) is 4.74 Å². The van der Waals surface area contributed by atoms with Crippen molar-refractivity contribution in [1.82, 2.24) is 10.6 Å². The van der Waals surface area contributed by atoms with Gasteiger partial charge in [0.1, 0.15) is 12.2 Å². The summed E-state index contributed by atoms with van der Waals surface area (Å²) >= 11 is 0. The second kappa shape index (κ2) is 16.9.